The molecule has 16 heavy (non-hydrogen) atoms. The molecule has 0 atom stereocenters. The predicted octanol–water partition coefficient (Wildman–Crippen LogP) is 1.73. The molecule has 0 spiro atoms. The van der Waals surface area contributed by atoms with Gasteiger partial charge in [-0.1, -0.05) is 28.1 Å². The van der Waals surface area contributed by atoms with E-state index in [0.717, 1.165) is 10.0 Å². The number of hydrogen-bond acceptors (Lipinski definition) is 3. The summed E-state index contributed by atoms with van der Waals surface area (Å²) in [6, 6.07) is 9.04. The van der Waals surface area contributed by atoms with Gasteiger partial charge in [0.2, 0.25) is 10.0 Å². The topological polar surface area (TPSA) is 61.2 Å². The van der Waals surface area contributed by atoms with Gasteiger partial charge in [-0.05, 0) is 17.7 Å². The third-order valence-electron chi connectivity index (χ3n) is 2.02. The summed E-state index contributed by atoms with van der Waals surface area (Å²) < 4.78 is 25.1. The summed E-state index contributed by atoms with van der Waals surface area (Å²) in [6.45, 7) is 0.267. The van der Waals surface area contributed by atoms with Gasteiger partial charge in [0, 0.05) is 18.1 Å². The fourth-order valence-corrected chi connectivity index (χ4v) is 2.36. The zero-order valence-electron chi connectivity index (χ0n) is 8.72. The molecule has 0 fully saturated rings. The maximum absolute atomic E-state index is 11.5. The van der Waals surface area contributed by atoms with Crippen molar-refractivity contribution in [2.45, 2.75) is 6.54 Å². The molecule has 1 aromatic carbocycles. The molecule has 0 radical (unpaired) electrons. The Balaban J connectivity index is 2.80. The molecule has 0 N–H and O–H groups in total. The van der Waals surface area contributed by atoms with Crippen molar-refractivity contribution in [2.24, 2.45) is 0 Å². The molecule has 0 aliphatic rings. The number of sulfonamides is 1. The smallest absolute Gasteiger partial charge is 0.211 e. The van der Waals surface area contributed by atoms with Crippen molar-refractivity contribution in [2.75, 3.05) is 12.8 Å². The zero-order chi connectivity index (χ0) is 12.2. The van der Waals surface area contributed by atoms with Crippen LogP contribution in [0.4, 0.5) is 0 Å². The lowest BCUT2D eigenvalue weighted by atomic mass is 10.2. The summed E-state index contributed by atoms with van der Waals surface area (Å²) >= 11 is 3.31. The molecule has 1 aromatic rings. The minimum absolute atomic E-state index is 0.267. The highest BCUT2D eigenvalue weighted by Crippen LogP contribution is 2.14. The van der Waals surface area contributed by atoms with E-state index in [2.05, 4.69) is 15.9 Å². The number of hydrogen-bond donors (Lipinski definition) is 0. The Bertz CT molecular complexity index is 508. The van der Waals surface area contributed by atoms with E-state index in [1.807, 2.05) is 24.3 Å². The highest BCUT2D eigenvalue weighted by molar-refractivity contribution is 9.10. The predicted molar refractivity (Wildman–Crippen MR) is 65.0 cm³/mol. The maximum Gasteiger partial charge on any atom is 0.227 e. The van der Waals surface area contributed by atoms with Gasteiger partial charge in [0.25, 0.3) is 0 Å². The summed E-state index contributed by atoms with van der Waals surface area (Å²) in [4.78, 5) is 0. The van der Waals surface area contributed by atoms with Gasteiger partial charge in [0.15, 0.2) is 5.75 Å². The normalized spacial score (nSPS) is 11.4. The molecule has 0 unspecified atom stereocenters. The fraction of sp³-hybridized carbons (Fsp3) is 0.300. The third-order valence-corrected chi connectivity index (χ3v) is 4.08. The standard InChI is InChI=1S/C10H11BrN2O2S/c1-13(16(14,15)6-5-12)8-9-3-2-4-10(11)7-9/h2-4,7H,6,8H2,1H3. The number of halogens is 1. The molecule has 0 amide bonds. The SMILES string of the molecule is CN(Cc1cccc(Br)c1)S(=O)(=O)CC#N. The lowest BCUT2D eigenvalue weighted by molar-refractivity contribution is 0.469. The van der Waals surface area contributed by atoms with Crippen molar-refractivity contribution in [1.82, 2.24) is 4.31 Å². The van der Waals surface area contributed by atoms with Gasteiger partial charge in [-0.3, -0.25) is 0 Å². The Kier molecular flexibility index (Phi) is 4.47. The summed E-state index contributed by atoms with van der Waals surface area (Å²) in [5.41, 5.74) is 0.874. The quantitative estimate of drug-likeness (QED) is 0.851. The molecule has 4 nitrogen and oxygen atoms in total. The van der Waals surface area contributed by atoms with Crippen LogP contribution >= 0.6 is 15.9 Å². The lowest BCUT2D eigenvalue weighted by Crippen LogP contribution is -2.28. The molecule has 0 heterocycles. The lowest BCUT2D eigenvalue weighted by Gasteiger charge is -2.15. The summed E-state index contributed by atoms with van der Waals surface area (Å²) in [5, 5.41) is 8.40. The second-order valence-electron chi connectivity index (χ2n) is 3.30. The van der Waals surface area contributed by atoms with Gasteiger partial charge in [0.1, 0.15) is 0 Å². The van der Waals surface area contributed by atoms with Crippen molar-refractivity contribution in [3.05, 3.63) is 34.3 Å². The minimum Gasteiger partial charge on any atom is -0.211 e. The fourth-order valence-electron chi connectivity index (χ4n) is 1.18. The van der Waals surface area contributed by atoms with Crippen molar-refractivity contribution < 1.29 is 8.42 Å². The first-order valence-electron chi connectivity index (χ1n) is 4.51. The van der Waals surface area contributed by atoms with Crippen molar-refractivity contribution >= 4 is 26.0 Å². The molecule has 1 rings (SSSR count). The molecular weight excluding hydrogens is 292 g/mol. The maximum atomic E-state index is 11.5. The molecule has 86 valence electrons. The Morgan fingerprint density at radius 3 is 2.75 bits per heavy atom. The van der Waals surface area contributed by atoms with Gasteiger partial charge in [-0.15, -0.1) is 0 Å². The largest absolute Gasteiger partial charge is 0.227 e. The van der Waals surface area contributed by atoms with Gasteiger partial charge in [-0.2, -0.15) is 9.57 Å². The Morgan fingerprint density at radius 1 is 1.50 bits per heavy atom. The van der Waals surface area contributed by atoms with Gasteiger partial charge in [-0.25, -0.2) is 8.42 Å². The van der Waals surface area contributed by atoms with E-state index in [4.69, 9.17) is 5.26 Å². The highest BCUT2D eigenvalue weighted by atomic mass is 79.9. The van der Waals surface area contributed by atoms with Crippen molar-refractivity contribution in [3.8, 4) is 6.07 Å². The molecule has 0 aliphatic heterocycles. The van der Waals surface area contributed by atoms with Crippen LogP contribution in [0, 0.1) is 11.3 Å². The number of nitriles is 1. The average Bonchev–Trinajstić information content (AvgIpc) is 2.17. The van der Waals surface area contributed by atoms with Crippen LogP contribution in [0.1, 0.15) is 5.56 Å². The van der Waals surface area contributed by atoms with Crippen molar-refractivity contribution in [1.29, 1.82) is 5.26 Å². The van der Waals surface area contributed by atoms with E-state index in [1.165, 1.54) is 11.4 Å². The van der Waals surface area contributed by atoms with Crippen LogP contribution in [0.25, 0.3) is 0 Å². The van der Waals surface area contributed by atoms with E-state index in [9.17, 15) is 8.42 Å². The molecule has 0 aromatic heterocycles. The van der Waals surface area contributed by atoms with Crippen LogP contribution in [-0.4, -0.2) is 25.5 Å². The summed E-state index contributed by atoms with van der Waals surface area (Å²) in [5.74, 6) is -0.489. The highest BCUT2D eigenvalue weighted by Gasteiger charge is 2.17. The Labute approximate surface area is 104 Å². The van der Waals surface area contributed by atoms with Crippen LogP contribution in [0.15, 0.2) is 28.7 Å². The van der Waals surface area contributed by atoms with Crippen LogP contribution in [0.2, 0.25) is 0 Å². The number of rotatable bonds is 4. The summed E-state index contributed by atoms with van der Waals surface area (Å²) in [7, 11) is -2.00. The van der Waals surface area contributed by atoms with E-state index in [1.54, 1.807) is 6.07 Å². The number of nitrogens with zero attached hydrogens (tertiary/aromatic N) is 2. The number of benzene rings is 1. The van der Waals surface area contributed by atoms with Gasteiger partial charge in [0.05, 0.1) is 6.07 Å². The van der Waals surface area contributed by atoms with E-state index in [0.29, 0.717) is 0 Å². The average molecular weight is 303 g/mol. The van der Waals surface area contributed by atoms with Crippen molar-refractivity contribution in [3.63, 3.8) is 0 Å². The van der Waals surface area contributed by atoms with Crippen LogP contribution in [0.5, 0.6) is 0 Å². The molecule has 6 heteroatoms. The monoisotopic (exact) mass is 302 g/mol. The van der Waals surface area contributed by atoms with Crippen LogP contribution in [0.3, 0.4) is 0 Å². The van der Waals surface area contributed by atoms with Crippen LogP contribution < -0.4 is 0 Å². The van der Waals surface area contributed by atoms with Gasteiger partial charge >= 0.3 is 0 Å². The first-order chi connectivity index (χ1) is 7.45. The van der Waals surface area contributed by atoms with E-state index >= 15 is 0 Å². The first-order valence-corrected chi connectivity index (χ1v) is 6.91. The Hall–Kier alpha value is -0.900. The molecular formula is C10H11BrN2O2S. The molecule has 0 saturated heterocycles. The summed E-state index contributed by atoms with van der Waals surface area (Å²) in [6.07, 6.45) is 0. The second kappa shape index (κ2) is 5.43. The van der Waals surface area contributed by atoms with Gasteiger partial charge < -0.3 is 0 Å². The first kappa shape index (κ1) is 13.2. The van der Waals surface area contributed by atoms with Crippen LogP contribution in [-0.2, 0) is 16.6 Å². The minimum atomic E-state index is -3.46. The third kappa shape index (κ3) is 3.59. The molecule has 0 bridgehead atoms. The second-order valence-corrected chi connectivity index (χ2v) is 6.29. The molecule has 0 aliphatic carbocycles. The molecule has 0 saturated carbocycles. The zero-order valence-corrected chi connectivity index (χ0v) is 11.1. The Morgan fingerprint density at radius 2 is 2.19 bits per heavy atom. The van der Waals surface area contributed by atoms with E-state index in [-0.39, 0.29) is 6.54 Å². The van der Waals surface area contributed by atoms with E-state index < -0.39 is 15.8 Å².